The van der Waals surface area contributed by atoms with Gasteiger partial charge in [0.1, 0.15) is 5.82 Å². The number of carbonyl (C=O) groups is 1. The molecule has 2 amide bonds. The number of hydrogen-bond acceptors (Lipinski definition) is 3. The summed E-state index contributed by atoms with van der Waals surface area (Å²) in [5, 5.41) is 10.5. The molecule has 1 aromatic heterocycles. The minimum atomic E-state index is -0.296. The smallest absolute Gasteiger partial charge is 0.336 e. The van der Waals surface area contributed by atoms with Gasteiger partial charge in [0.15, 0.2) is 0 Å². The number of nitrogens with zero attached hydrogens (tertiary/aromatic N) is 3. The van der Waals surface area contributed by atoms with Crippen LogP contribution in [0.25, 0.3) is 5.69 Å². The van der Waals surface area contributed by atoms with Crippen molar-refractivity contribution < 1.29 is 4.79 Å². The number of aromatic nitrogens is 3. The first-order chi connectivity index (χ1) is 16.7. The summed E-state index contributed by atoms with van der Waals surface area (Å²) in [6, 6.07) is 28.7. The van der Waals surface area contributed by atoms with Gasteiger partial charge in [-0.1, -0.05) is 78.9 Å². The van der Waals surface area contributed by atoms with E-state index in [-0.39, 0.29) is 24.3 Å². The molecule has 0 atom stereocenters. The number of hydrogen-bond donors (Lipinski definition) is 2. The molecule has 0 unspecified atom stereocenters. The van der Waals surface area contributed by atoms with Crippen molar-refractivity contribution in [2.45, 2.75) is 31.3 Å². The third-order valence-electron chi connectivity index (χ3n) is 5.97. The largest absolute Gasteiger partial charge is 0.350 e. The highest BCUT2D eigenvalue weighted by molar-refractivity contribution is 5.75. The number of urea groups is 1. The Bertz CT molecular complexity index is 1260. The first-order valence-corrected chi connectivity index (χ1v) is 11.6. The van der Waals surface area contributed by atoms with Gasteiger partial charge in [0.25, 0.3) is 0 Å². The minimum absolute atomic E-state index is 0.179. The fourth-order valence-electron chi connectivity index (χ4n) is 4.10. The Kier molecular flexibility index (Phi) is 6.25. The molecule has 4 aromatic rings. The minimum Gasteiger partial charge on any atom is -0.336 e. The Morgan fingerprint density at radius 2 is 1.44 bits per heavy atom. The Balaban J connectivity index is 1.27. The predicted octanol–water partition coefficient (Wildman–Crippen LogP) is 4.00. The maximum absolute atomic E-state index is 13.1. The fourth-order valence-corrected chi connectivity index (χ4v) is 4.10. The van der Waals surface area contributed by atoms with E-state index in [1.165, 1.54) is 4.68 Å². The average molecular weight is 454 g/mol. The quantitative estimate of drug-likeness (QED) is 0.423. The molecule has 1 heterocycles. The zero-order valence-electron chi connectivity index (χ0n) is 18.8. The van der Waals surface area contributed by atoms with Crippen molar-refractivity contribution in [2.75, 3.05) is 6.54 Å². The summed E-state index contributed by atoms with van der Waals surface area (Å²) in [6.07, 6.45) is 2.09. The molecule has 7 heteroatoms. The second kappa shape index (κ2) is 9.79. The summed E-state index contributed by atoms with van der Waals surface area (Å²) in [4.78, 5) is 25.8. The SMILES string of the molecule is O=C(NCCn1nc(C2CC2)n(-c2ccccc2)c1=O)NC(c1ccccc1)c1ccccc1. The Morgan fingerprint density at radius 1 is 0.882 bits per heavy atom. The van der Waals surface area contributed by atoms with Gasteiger partial charge in [-0.3, -0.25) is 0 Å². The lowest BCUT2D eigenvalue weighted by atomic mass is 9.99. The van der Waals surface area contributed by atoms with Crippen LogP contribution in [-0.2, 0) is 6.54 Å². The van der Waals surface area contributed by atoms with E-state index in [0.29, 0.717) is 12.5 Å². The molecule has 172 valence electrons. The van der Waals surface area contributed by atoms with Gasteiger partial charge in [0.2, 0.25) is 0 Å². The van der Waals surface area contributed by atoms with Gasteiger partial charge in [-0.15, -0.1) is 0 Å². The molecule has 0 bridgehead atoms. The van der Waals surface area contributed by atoms with Crippen LogP contribution in [0.4, 0.5) is 4.79 Å². The molecule has 7 nitrogen and oxygen atoms in total. The highest BCUT2D eigenvalue weighted by atomic mass is 16.2. The molecule has 0 radical (unpaired) electrons. The molecule has 5 rings (SSSR count). The van der Waals surface area contributed by atoms with Crippen LogP contribution in [0.3, 0.4) is 0 Å². The third-order valence-corrected chi connectivity index (χ3v) is 5.97. The summed E-state index contributed by atoms with van der Waals surface area (Å²) in [6.45, 7) is 0.588. The van der Waals surface area contributed by atoms with E-state index in [9.17, 15) is 9.59 Å². The van der Waals surface area contributed by atoms with Gasteiger partial charge in [-0.05, 0) is 36.1 Å². The van der Waals surface area contributed by atoms with Gasteiger partial charge in [0, 0.05) is 12.5 Å². The van der Waals surface area contributed by atoms with Crippen LogP contribution in [0.1, 0.15) is 41.8 Å². The third kappa shape index (κ3) is 4.78. The van der Waals surface area contributed by atoms with Crippen LogP contribution >= 0.6 is 0 Å². The molecular formula is C27H27N5O2. The van der Waals surface area contributed by atoms with E-state index in [0.717, 1.165) is 35.5 Å². The number of amides is 2. The lowest BCUT2D eigenvalue weighted by Gasteiger charge is -2.20. The maximum Gasteiger partial charge on any atom is 0.350 e. The molecule has 2 N–H and O–H groups in total. The molecule has 0 aliphatic heterocycles. The highest BCUT2D eigenvalue weighted by Crippen LogP contribution is 2.39. The van der Waals surface area contributed by atoms with Crippen molar-refractivity contribution in [3.63, 3.8) is 0 Å². The van der Waals surface area contributed by atoms with E-state index in [1.807, 2.05) is 91.0 Å². The standard InChI is InChI=1S/C27H27N5O2/c33-26(29-24(20-10-4-1-5-11-20)21-12-6-2-7-13-21)28-18-19-31-27(34)32(23-14-8-3-9-15-23)25(30-31)22-16-17-22/h1-15,22,24H,16-19H2,(H2,28,29,33). The fraction of sp³-hybridized carbons (Fsp3) is 0.222. The number of benzene rings is 3. The zero-order valence-corrected chi connectivity index (χ0v) is 18.8. The number of rotatable bonds is 8. The Morgan fingerprint density at radius 3 is 2.00 bits per heavy atom. The number of carbonyl (C=O) groups excluding carboxylic acids is 1. The lowest BCUT2D eigenvalue weighted by molar-refractivity contribution is 0.238. The van der Waals surface area contributed by atoms with Crippen LogP contribution in [0, 0.1) is 0 Å². The summed E-state index contributed by atoms with van der Waals surface area (Å²) in [5.41, 5.74) is 2.63. The molecular weight excluding hydrogens is 426 g/mol. The van der Waals surface area contributed by atoms with Crippen molar-refractivity contribution in [1.29, 1.82) is 0 Å². The van der Waals surface area contributed by atoms with Crippen LogP contribution in [0.5, 0.6) is 0 Å². The van der Waals surface area contributed by atoms with E-state index in [1.54, 1.807) is 4.57 Å². The second-order valence-corrected chi connectivity index (χ2v) is 8.46. The van der Waals surface area contributed by atoms with Gasteiger partial charge in [-0.2, -0.15) is 5.10 Å². The van der Waals surface area contributed by atoms with Gasteiger partial charge in [0.05, 0.1) is 18.3 Å². The van der Waals surface area contributed by atoms with Gasteiger partial charge < -0.3 is 10.6 Å². The van der Waals surface area contributed by atoms with Crippen molar-refractivity contribution in [3.8, 4) is 5.69 Å². The normalized spacial score (nSPS) is 13.1. The summed E-state index contributed by atoms with van der Waals surface area (Å²) < 4.78 is 3.14. The predicted molar refractivity (Wildman–Crippen MR) is 131 cm³/mol. The van der Waals surface area contributed by atoms with Crippen LogP contribution < -0.4 is 16.3 Å². The lowest BCUT2D eigenvalue weighted by Crippen LogP contribution is -2.40. The van der Waals surface area contributed by atoms with Crippen LogP contribution in [-0.4, -0.2) is 26.9 Å². The maximum atomic E-state index is 13.1. The molecule has 1 aliphatic carbocycles. The molecule has 34 heavy (non-hydrogen) atoms. The molecule has 1 aliphatic rings. The average Bonchev–Trinajstić information content (AvgIpc) is 3.68. The molecule has 1 saturated carbocycles. The monoisotopic (exact) mass is 453 g/mol. The first kappa shape index (κ1) is 21.7. The van der Waals surface area contributed by atoms with Crippen LogP contribution in [0.15, 0.2) is 95.8 Å². The van der Waals surface area contributed by atoms with Crippen LogP contribution in [0.2, 0.25) is 0 Å². The molecule has 0 spiro atoms. The van der Waals surface area contributed by atoms with Gasteiger partial charge in [-0.25, -0.2) is 18.8 Å². The van der Waals surface area contributed by atoms with Crippen molar-refractivity contribution in [2.24, 2.45) is 0 Å². The number of nitrogens with one attached hydrogen (secondary N) is 2. The summed E-state index contributed by atoms with van der Waals surface area (Å²) in [5.74, 6) is 1.12. The Labute approximate surface area is 198 Å². The molecule has 0 saturated heterocycles. The highest BCUT2D eigenvalue weighted by Gasteiger charge is 2.31. The van der Waals surface area contributed by atoms with E-state index in [2.05, 4.69) is 15.7 Å². The molecule has 3 aromatic carbocycles. The number of para-hydroxylation sites is 1. The Hall–Kier alpha value is -4.13. The van der Waals surface area contributed by atoms with Gasteiger partial charge >= 0.3 is 11.7 Å². The van der Waals surface area contributed by atoms with Crippen molar-refractivity contribution in [3.05, 3.63) is 118 Å². The first-order valence-electron chi connectivity index (χ1n) is 11.6. The van der Waals surface area contributed by atoms with E-state index >= 15 is 0 Å². The second-order valence-electron chi connectivity index (χ2n) is 8.46. The van der Waals surface area contributed by atoms with E-state index in [4.69, 9.17) is 0 Å². The zero-order chi connectivity index (χ0) is 23.3. The van der Waals surface area contributed by atoms with Crippen molar-refractivity contribution in [1.82, 2.24) is 25.0 Å². The van der Waals surface area contributed by atoms with Crippen molar-refractivity contribution >= 4 is 6.03 Å². The molecule has 1 fully saturated rings. The summed E-state index contributed by atoms with van der Waals surface area (Å²) >= 11 is 0. The van der Waals surface area contributed by atoms with E-state index < -0.39 is 0 Å². The topological polar surface area (TPSA) is 81.0 Å². The summed E-state index contributed by atoms with van der Waals surface area (Å²) in [7, 11) is 0.